The summed E-state index contributed by atoms with van der Waals surface area (Å²) in [5, 5.41) is -1.47. The van der Waals surface area contributed by atoms with E-state index in [0.717, 1.165) is 37.8 Å². The molecule has 2 aliphatic rings. The minimum Gasteiger partial charge on any atom is -0.462 e. The molecule has 0 saturated heterocycles. The van der Waals surface area contributed by atoms with Gasteiger partial charge in [0.2, 0.25) is 0 Å². The van der Waals surface area contributed by atoms with E-state index < -0.39 is 46.5 Å². The summed E-state index contributed by atoms with van der Waals surface area (Å²) in [5.74, 6) is -5.34. The lowest BCUT2D eigenvalue weighted by Gasteiger charge is -2.26. The number of halogens is 6. The molecule has 2 aromatic carbocycles. The van der Waals surface area contributed by atoms with E-state index in [1.807, 2.05) is 0 Å². The van der Waals surface area contributed by atoms with Crippen LogP contribution >= 0.6 is 69.6 Å². The first-order valence-electron chi connectivity index (χ1n) is 15.4. The topological polar surface area (TPSA) is 105 Å². The molecule has 0 amide bonds. The molecule has 8 nitrogen and oxygen atoms in total. The Bertz CT molecular complexity index is 1520. The van der Waals surface area contributed by atoms with E-state index in [1.54, 1.807) is 0 Å². The molecule has 0 bridgehead atoms. The van der Waals surface area contributed by atoms with Gasteiger partial charge in [-0.15, -0.1) is 0 Å². The molecule has 2 aromatic rings. The van der Waals surface area contributed by atoms with Gasteiger partial charge in [0.05, 0.1) is 43.3 Å². The van der Waals surface area contributed by atoms with Gasteiger partial charge in [0, 0.05) is 0 Å². The molecule has 14 heteroatoms. The van der Waals surface area contributed by atoms with Crippen LogP contribution in [0.5, 0.6) is 11.5 Å². The van der Waals surface area contributed by atoms with Crippen molar-refractivity contribution in [3.8, 4) is 11.5 Å². The van der Waals surface area contributed by atoms with Crippen molar-refractivity contribution in [2.45, 2.75) is 67.2 Å². The van der Waals surface area contributed by atoms with Crippen molar-refractivity contribution in [3.63, 3.8) is 0 Å². The summed E-state index contributed by atoms with van der Waals surface area (Å²) in [6, 6.07) is 2.27. The molecule has 48 heavy (non-hydrogen) atoms. The lowest BCUT2D eigenvalue weighted by Crippen LogP contribution is -2.28. The van der Waals surface area contributed by atoms with E-state index in [4.69, 9.17) is 88.6 Å². The van der Waals surface area contributed by atoms with Crippen LogP contribution in [0.4, 0.5) is 0 Å². The minimum atomic E-state index is -1.64. The van der Waals surface area contributed by atoms with Gasteiger partial charge < -0.3 is 18.9 Å². The summed E-state index contributed by atoms with van der Waals surface area (Å²) in [5.41, 5.74) is -1.06. The zero-order valence-electron chi connectivity index (χ0n) is 27.2. The Hall–Kier alpha value is -1.94. The highest BCUT2D eigenvalue weighted by atomic mass is 35.5. The molecule has 0 aliphatic heterocycles. The third-order valence-corrected chi connectivity index (χ3v) is 11.5. The summed E-state index contributed by atoms with van der Waals surface area (Å²) in [4.78, 5) is 52.8. The molecule has 2 saturated carbocycles. The average Bonchev–Trinajstić information content (AvgIpc) is 3.40. The molecule has 0 N–H and O–H groups in total. The van der Waals surface area contributed by atoms with Gasteiger partial charge >= 0.3 is 23.9 Å². The fraction of sp³-hybridized carbons (Fsp3) is 0.529. The molecular weight excluding hydrogens is 749 g/mol. The molecule has 0 heterocycles. The number of carbonyl (C=O) groups excluding carboxylic acids is 4. The molecule has 4 atom stereocenters. The maximum atomic E-state index is 13.3. The smallest absolute Gasteiger partial charge is 0.423 e. The van der Waals surface area contributed by atoms with Crippen molar-refractivity contribution in [2.75, 3.05) is 13.2 Å². The second kappa shape index (κ2) is 15.1. The maximum absolute atomic E-state index is 13.3. The summed E-state index contributed by atoms with van der Waals surface area (Å²) in [6.45, 7) is 12.8. The number of carbonyl (C=O) groups is 4. The summed E-state index contributed by atoms with van der Waals surface area (Å²) in [7, 11) is 0. The third kappa shape index (κ3) is 8.50. The van der Waals surface area contributed by atoms with Gasteiger partial charge in [0.1, 0.15) is 11.1 Å². The van der Waals surface area contributed by atoms with Crippen molar-refractivity contribution in [1.29, 1.82) is 0 Å². The van der Waals surface area contributed by atoms with Gasteiger partial charge in [-0.2, -0.15) is 0 Å². The Labute approximate surface area is 309 Å². The van der Waals surface area contributed by atoms with Crippen LogP contribution in [0.2, 0.25) is 30.1 Å². The molecule has 0 spiro atoms. The monoisotopic (exact) mass is 782 g/mol. The van der Waals surface area contributed by atoms with Gasteiger partial charge in [-0.3, -0.25) is 0 Å². The molecular formula is C34H36Cl6O8. The quantitative estimate of drug-likeness (QED) is 0.113. The van der Waals surface area contributed by atoms with E-state index in [1.165, 1.54) is 0 Å². The average molecular weight is 785 g/mol. The lowest BCUT2D eigenvalue weighted by atomic mass is 9.82. The van der Waals surface area contributed by atoms with E-state index >= 15 is 0 Å². The Morgan fingerprint density at radius 2 is 0.958 bits per heavy atom. The lowest BCUT2D eigenvalue weighted by molar-refractivity contribution is -0.156. The highest BCUT2D eigenvalue weighted by Gasteiger charge is 2.41. The van der Waals surface area contributed by atoms with Gasteiger partial charge in [0.15, 0.2) is 11.5 Å². The first kappa shape index (κ1) is 38.9. The second-order valence-electron chi connectivity index (χ2n) is 14.2. The highest BCUT2D eigenvalue weighted by molar-refractivity contribution is 6.47. The number of benzene rings is 2. The molecule has 4 unspecified atom stereocenters. The van der Waals surface area contributed by atoms with Gasteiger partial charge in [-0.1, -0.05) is 111 Å². The Morgan fingerprint density at radius 1 is 0.625 bits per heavy atom. The van der Waals surface area contributed by atoms with Crippen molar-refractivity contribution >= 4 is 93.5 Å². The first-order valence-corrected chi connectivity index (χ1v) is 17.6. The fourth-order valence-corrected chi connectivity index (χ4v) is 8.42. The Balaban J connectivity index is 1.55. The van der Waals surface area contributed by atoms with Crippen LogP contribution in [-0.4, -0.2) is 37.1 Å². The third-order valence-electron chi connectivity index (χ3n) is 9.38. The molecule has 2 fully saturated rings. The van der Waals surface area contributed by atoms with Crippen LogP contribution in [0, 0.1) is 34.5 Å². The molecule has 4 rings (SSSR count). The van der Waals surface area contributed by atoms with E-state index in [9.17, 15) is 19.2 Å². The van der Waals surface area contributed by atoms with Crippen LogP contribution in [0.25, 0.3) is 0 Å². The zero-order valence-corrected chi connectivity index (χ0v) is 31.8. The van der Waals surface area contributed by atoms with Crippen molar-refractivity contribution in [1.82, 2.24) is 0 Å². The van der Waals surface area contributed by atoms with Crippen LogP contribution in [0.3, 0.4) is 0 Å². The van der Waals surface area contributed by atoms with Crippen LogP contribution in [0.1, 0.15) is 87.9 Å². The van der Waals surface area contributed by atoms with E-state index in [-0.39, 0.29) is 66.0 Å². The molecule has 262 valence electrons. The molecule has 0 radical (unpaired) electrons. The minimum absolute atomic E-state index is 0.0657. The standard InChI is InChI=1S/C34H36Cl6O8/c1-15-7-17(33(3,4)11-15)13-45-29(41)23-25(39)19(35)9-21(37)27(23)47-31(43)32(44)48-28-22(38)10-20(36)26(40)24(28)30(42)46-14-18-8-16(2)12-34(18,5)6/h9-10,15-18H,7-8,11-14H2,1-6H3. The van der Waals surface area contributed by atoms with Crippen molar-refractivity contribution < 1.29 is 38.1 Å². The number of hydrogen-bond acceptors (Lipinski definition) is 8. The maximum Gasteiger partial charge on any atom is 0.423 e. The molecule has 2 aliphatic carbocycles. The largest absolute Gasteiger partial charge is 0.462 e. The zero-order chi connectivity index (χ0) is 35.9. The molecule has 0 aromatic heterocycles. The fourth-order valence-electron chi connectivity index (χ4n) is 6.98. The summed E-state index contributed by atoms with van der Waals surface area (Å²) < 4.78 is 21.6. The summed E-state index contributed by atoms with van der Waals surface area (Å²) in [6.07, 6.45) is 3.62. The first-order chi connectivity index (χ1) is 22.2. The normalized spacial score (nSPS) is 22.7. The predicted molar refractivity (Wildman–Crippen MR) is 186 cm³/mol. The van der Waals surface area contributed by atoms with E-state index in [0.29, 0.717) is 11.8 Å². The van der Waals surface area contributed by atoms with Crippen molar-refractivity contribution in [2.24, 2.45) is 34.5 Å². The van der Waals surface area contributed by atoms with Gasteiger partial charge in [-0.25, -0.2) is 19.2 Å². The predicted octanol–water partition coefficient (Wildman–Crippen LogP) is 10.6. The SMILES string of the molecule is CC1CC(COC(=O)c2c(Cl)c(Cl)cc(Cl)c2OC(=O)C(=O)Oc2c(Cl)cc(Cl)c(Cl)c2C(=O)OCC2CC(C)CC2(C)C)C(C)(C)C1. The van der Waals surface area contributed by atoms with Crippen LogP contribution < -0.4 is 9.47 Å². The van der Waals surface area contributed by atoms with E-state index in [2.05, 4.69) is 41.5 Å². The van der Waals surface area contributed by atoms with Crippen molar-refractivity contribution in [3.05, 3.63) is 53.4 Å². The Kier molecular flexibility index (Phi) is 12.2. The Morgan fingerprint density at radius 3 is 1.25 bits per heavy atom. The second-order valence-corrected chi connectivity index (χ2v) is 16.5. The number of esters is 4. The van der Waals surface area contributed by atoms with Gasteiger partial charge in [0.25, 0.3) is 0 Å². The number of hydrogen-bond donors (Lipinski definition) is 0. The number of ether oxygens (including phenoxy) is 4. The van der Waals surface area contributed by atoms with Crippen LogP contribution in [-0.2, 0) is 19.1 Å². The summed E-state index contributed by atoms with van der Waals surface area (Å²) >= 11 is 37.7. The highest BCUT2D eigenvalue weighted by Crippen LogP contribution is 2.48. The number of rotatable bonds is 8. The van der Waals surface area contributed by atoms with Crippen LogP contribution in [0.15, 0.2) is 12.1 Å². The van der Waals surface area contributed by atoms with Gasteiger partial charge in [-0.05, 0) is 72.3 Å².